The molecule has 0 aliphatic carbocycles. The highest BCUT2D eigenvalue weighted by Gasteiger charge is 2.25. The highest BCUT2D eigenvalue weighted by molar-refractivity contribution is 6.34. The number of halogens is 2. The molecule has 0 bridgehead atoms. The van der Waals surface area contributed by atoms with Crippen LogP contribution in [0.3, 0.4) is 0 Å². The topological polar surface area (TPSA) is 67.1 Å². The fraction of sp³-hybridized carbons (Fsp3) is 0.231. The van der Waals surface area contributed by atoms with Crippen LogP contribution in [0.1, 0.15) is 21.7 Å². The second-order valence-electron chi connectivity index (χ2n) is 4.55. The number of carboxylic acid groups (broad SMARTS) is 1. The normalized spacial score (nSPS) is 14.1. The summed E-state index contributed by atoms with van der Waals surface area (Å²) in [7, 11) is 0. The van der Waals surface area contributed by atoms with E-state index in [4.69, 9.17) is 23.2 Å². The second kappa shape index (κ2) is 5.09. The number of nitrogens with one attached hydrogen (secondary N) is 1. The fourth-order valence-corrected chi connectivity index (χ4v) is 2.91. The predicted octanol–water partition coefficient (Wildman–Crippen LogP) is 2.52. The average Bonchev–Trinajstić information content (AvgIpc) is 2.77. The van der Waals surface area contributed by atoms with Crippen LogP contribution in [0.25, 0.3) is 5.69 Å². The molecule has 104 valence electrons. The first-order valence-electron chi connectivity index (χ1n) is 6.07. The van der Waals surface area contributed by atoms with Crippen LogP contribution in [-0.2, 0) is 13.0 Å². The Kier molecular flexibility index (Phi) is 3.41. The Hall–Kier alpha value is -1.56. The van der Waals surface area contributed by atoms with Gasteiger partial charge in [-0.15, -0.1) is 0 Å². The predicted molar refractivity (Wildman–Crippen MR) is 76.0 cm³/mol. The number of carboxylic acids is 1. The van der Waals surface area contributed by atoms with Crippen molar-refractivity contribution in [3.05, 3.63) is 45.2 Å². The van der Waals surface area contributed by atoms with Crippen molar-refractivity contribution in [1.29, 1.82) is 0 Å². The molecule has 3 rings (SSSR count). The first-order valence-corrected chi connectivity index (χ1v) is 6.83. The van der Waals surface area contributed by atoms with Crippen molar-refractivity contribution in [2.75, 3.05) is 6.54 Å². The lowest BCUT2D eigenvalue weighted by Crippen LogP contribution is -2.25. The van der Waals surface area contributed by atoms with Gasteiger partial charge in [0.1, 0.15) is 0 Å². The zero-order valence-corrected chi connectivity index (χ0v) is 11.9. The third-order valence-corrected chi connectivity index (χ3v) is 3.66. The molecular weight excluding hydrogens is 301 g/mol. The molecule has 20 heavy (non-hydrogen) atoms. The summed E-state index contributed by atoms with van der Waals surface area (Å²) in [4.78, 5) is 11.3. The van der Waals surface area contributed by atoms with Crippen LogP contribution < -0.4 is 5.32 Å². The van der Waals surface area contributed by atoms with Crippen molar-refractivity contribution in [2.45, 2.75) is 13.0 Å². The Labute approximate surface area is 125 Å². The van der Waals surface area contributed by atoms with E-state index in [9.17, 15) is 9.90 Å². The molecule has 0 amide bonds. The van der Waals surface area contributed by atoms with E-state index in [1.165, 1.54) is 0 Å². The number of nitrogens with zero attached hydrogens (tertiary/aromatic N) is 2. The maximum atomic E-state index is 11.3. The number of rotatable bonds is 2. The van der Waals surface area contributed by atoms with Gasteiger partial charge in [0.05, 0.1) is 11.4 Å². The van der Waals surface area contributed by atoms with E-state index < -0.39 is 5.97 Å². The smallest absolute Gasteiger partial charge is 0.356 e. The molecule has 5 nitrogen and oxygen atoms in total. The van der Waals surface area contributed by atoms with Gasteiger partial charge in [-0.3, -0.25) is 0 Å². The molecule has 0 fully saturated rings. The van der Waals surface area contributed by atoms with Gasteiger partial charge in [-0.2, -0.15) is 5.10 Å². The zero-order chi connectivity index (χ0) is 14.3. The van der Waals surface area contributed by atoms with E-state index >= 15 is 0 Å². The Balaban J connectivity index is 2.20. The van der Waals surface area contributed by atoms with Crippen LogP contribution in [0.5, 0.6) is 0 Å². The van der Waals surface area contributed by atoms with Gasteiger partial charge in [0, 0.05) is 35.1 Å². The lowest BCUT2D eigenvalue weighted by molar-refractivity contribution is 0.0688. The highest BCUT2D eigenvalue weighted by atomic mass is 35.5. The van der Waals surface area contributed by atoms with Crippen molar-refractivity contribution in [1.82, 2.24) is 15.1 Å². The van der Waals surface area contributed by atoms with Gasteiger partial charge < -0.3 is 10.4 Å². The molecule has 1 aromatic heterocycles. The van der Waals surface area contributed by atoms with Crippen LogP contribution in [0.4, 0.5) is 0 Å². The summed E-state index contributed by atoms with van der Waals surface area (Å²) in [5.74, 6) is -1.03. The van der Waals surface area contributed by atoms with Gasteiger partial charge in [-0.05, 0) is 18.2 Å². The van der Waals surface area contributed by atoms with E-state index in [0.29, 0.717) is 28.7 Å². The minimum absolute atomic E-state index is 0.0725. The van der Waals surface area contributed by atoms with Crippen LogP contribution in [-0.4, -0.2) is 27.4 Å². The molecule has 7 heteroatoms. The van der Waals surface area contributed by atoms with Crippen molar-refractivity contribution in [3.8, 4) is 5.69 Å². The summed E-state index contributed by atoms with van der Waals surface area (Å²) in [6, 6.07) is 5.06. The van der Waals surface area contributed by atoms with Gasteiger partial charge in [-0.25, -0.2) is 9.48 Å². The monoisotopic (exact) mass is 311 g/mol. The summed E-state index contributed by atoms with van der Waals surface area (Å²) in [6.07, 6.45) is 0.708. The van der Waals surface area contributed by atoms with E-state index in [1.807, 2.05) is 0 Å². The fourth-order valence-electron chi connectivity index (χ4n) is 2.39. The minimum Gasteiger partial charge on any atom is -0.476 e. The van der Waals surface area contributed by atoms with E-state index in [-0.39, 0.29) is 5.69 Å². The van der Waals surface area contributed by atoms with Crippen LogP contribution in [0.2, 0.25) is 10.0 Å². The van der Waals surface area contributed by atoms with Crippen molar-refractivity contribution in [2.24, 2.45) is 0 Å². The quantitative estimate of drug-likeness (QED) is 0.894. The minimum atomic E-state index is -1.03. The lowest BCUT2D eigenvalue weighted by atomic mass is 10.1. The first-order chi connectivity index (χ1) is 9.56. The largest absolute Gasteiger partial charge is 0.476 e. The van der Waals surface area contributed by atoms with Crippen molar-refractivity contribution >= 4 is 29.2 Å². The molecule has 0 unspecified atom stereocenters. The molecule has 2 aromatic rings. The summed E-state index contributed by atoms with van der Waals surface area (Å²) < 4.78 is 1.62. The molecule has 2 heterocycles. The molecule has 2 N–H and O–H groups in total. The molecule has 0 radical (unpaired) electrons. The standard InChI is InChI=1S/C13H11Cl2N3O2/c14-7-3-8(15)5-9(4-7)18-11-1-2-16-6-10(11)12(17-18)13(19)20/h3-5,16H,1-2,6H2,(H,19,20). The van der Waals surface area contributed by atoms with Gasteiger partial charge in [0.15, 0.2) is 5.69 Å². The molecule has 0 atom stereocenters. The third-order valence-electron chi connectivity index (χ3n) is 3.22. The first kappa shape index (κ1) is 13.4. The molecule has 0 saturated carbocycles. The van der Waals surface area contributed by atoms with Gasteiger partial charge in [-0.1, -0.05) is 23.2 Å². The van der Waals surface area contributed by atoms with Crippen LogP contribution in [0.15, 0.2) is 18.2 Å². The third kappa shape index (κ3) is 2.28. The zero-order valence-electron chi connectivity index (χ0n) is 10.4. The maximum absolute atomic E-state index is 11.3. The number of fused-ring (bicyclic) bond motifs is 1. The molecule has 1 aliphatic rings. The van der Waals surface area contributed by atoms with E-state index in [2.05, 4.69) is 10.4 Å². The Bertz CT molecular complexity index is 677. The van der Waals surface area contributed by atoms with Crippen molar-refractivity contribution in [3.63, 3.8) is 0 Å². The maximum Gasteiger partial charge on any atom is 0.356 e. The Morgan fingerprint density at radius 1 is 1.30 bits per heavy atom. The van der Waals surface area contributed by atoms with Crippen molar-refractivity contribution < 1.29 is 9.90 Å². The number of aromatic carboxylic acids is 1. The van der Waals surface area contributed by atoms with Crippen LogP contribution in [0, 0.1) is 0 Å². The summed E-state index contributed by atoms with van der Waals surface area (Å²) in [5, 5.41) is 17.6. The molecular formula is C13H11Cl2N3O2. The number of hydrogen-bond donors (Lipinski definition) is 2. The molecule has 0 saturated heterocycles. The highest BCUT2D eigenvalue weighted by Crippen LogP contribution is 2.26. The molecule has 1 aromatic carbocycles. The summed E-state index contributed by atoms with van der Waals surface area (Å²) in [6.45, 7) is 1.29. The Morgan fingerprint density at radius 2 is 2.00 bits per heavy atom. The summed E-state index contributed by atoms with van der Waals surface area (Å²) >= 11 is 12.0. The Morgan fingerprint density at radius 3 is 2.65 bits per heavy atom. The molecule has 1 aliphatic heterocycles. The van der Waals surface area contributed by atoms with E-state index in [1.54, 1.807) is 22.9 Å². The molecule has 0 spiro atoms. The number of carbonyl (C=O) groups is 1. The van der Waals surface area contributed by atoms with Crippen LogP contribution >= 0.6 is 23.2 Å². The second-order valence-corrected chi connectivity index (χ2v) is 5.42. The van der Waals surface area contributed by atoms with E-state index in [0.717, 1.165) is 17.8 Å². The number of aromatic nitrogens is 2. The summed E-state index contributed by atoms with van der Waals surface area (Å²) in [5.41, 5.74) is 2.36. The van der Waals surface area contributed by atoms with Gasteiger partial charge >= 0.3 is 5.97 Å². The lowest BCUT2D eigenvalue weighted by Gasteiger charge is -2.15. The SMILES string of the molecule is O=C(O)c1nn(-c2cc(Cl)cc(Cl)c2)c2c1CNCC2. The average molecular weight is 312 g/mol. The number of benzene rings is 1. The van der Waals surface area contributed by atoms with Gasteiger partial charge in [0.2, 0.25) is 0 Å². The number of hydrogen-bond acceptors (Lipinski definition) is 3. The van der Waals surface area contributed by atoms with Gasteiger partial charge in [0.25, 0.3) is 0 Å².